The summed E-state index contributed by atoms with van der Waals surface area (Å²) in [4.78, 5) is 12.2. The number of furan rings is 1. The van der Waals surface area contributed by atoms with Gasteiger partial charge in [-0.15, -0.1) is 5.10 Å². The van der Waals surface area contributed by atoms with Gasteiger partial charge in [-0.3, -0.25) is 4.79 Å². The highest BCUT2D eigenvalue weighted by molar-refractivity contribution is 5.88. The lowest BCUT2D eigenvalue weighted by Crippen LogP contribution is -2.26. The number of amides is 1. The fourth-order valence-electron chi connectivity index (χ4n) is 2.57. The molecule has 3 aromatic rings. The molecule has 2 aromatic heterocycles. The van der Waals surface area contributed by atoms with Crippen molar-refractivity contribution >= 4 is 16.9 Å². The molecule has 132 valence electrons. The van der Waals surface area contributed by atoms with Crippen molar-refractivity contribution in [3.63, 3.8) is 0 Å². The van der Waals surface area contributed by atoms with Crippen molar-refractivity contribution in [2.75, 3.05) is 7.11 Å². The summed E-state index contributed by atoms with van der Waals surface area (Å²) in [5.74, 6) is 1.27. The Bertz CT molecular complexity index is 855. The van der Waals surface area contributed by atoms with E-state index in [0.717, 1.165) is 36.1 Å². The molecule has 0 saturated carbocycles. The molecule has 1 aromatic carbocycles. The lowest BCUT2D eigenvalue weighted by atomic mass is 10.1. The van der Waals surface area contributed by atoms with Crippen LogP contribution >= 0.6 is 0 Å². The molecule has 0 aliphatic rings. The summed E-state index contributed by atoms with van der Waals surface area (Å²) < 4.78 is 12.4. The van der Waals surface area contributed by atoms with Gasteiger partial charge < -0.3 is 14.5 Å². The molecule has 0 radical (unpaired) electrons. The smallest absolute Gasteiger partial charge is 0.224 e. The van der Waals surface area contributed by atoms with E-state index in [9.17, 15) is 4.79 Å². The molecule has 2 heterocycles. The van der Waals surface area contributed by atoms with E-state index in [1.165, 1.54) is 0 Å². The van der Waals surface area contributed by atoms with Crippen LogP contribution in [0.3, 0.4) is 0 Å². The first-order chi connectivity index (χ1) is 12.2. The molecule has 0 aliphatic carbocycles. The SMILES string of the molecule is CCCCn1nnnc1CNC(=O)Cc1coc2cc(OC)ccc12. The molecule has 3 rings (SSSR count). The van der Waals surface area contributed by atoms with Crippen LogP contribution in [-0.4, -0.2) is 33.2 Å². The maximum Gasteiger partial charge on any atom is 0.224 e. The van der Waals surface area contributed by atoms with Crippen LogP contribution in [0.1, 0.15) is 31.2 Å². The van der Waals surface area contributed by atoms with Crippen LogP contribution in [0.15, 0.2) is 28.9 Å². The van der Waals surface area contributed by atoms with Gasteiger partial charge in [0.05, 0.1) is 26.3 Å². The van der Waals surface area contributed by atoms with Gasteiger partial charge in [0.1, 0.15) is 11.3 Å². The molecule has 0 atom stereocenters. The highest BCUT2D eigenvalue weighted by atomic mass is 16.5. The maximum absolute atomic E-state index is 12.2. The zero-order chi connectivity index (χ0) is 17.6. The van der Waals surface area contributed by atoms with E-state index in [0.29, 0.717) is 18.0 Å². The molecular formula is C17H21N5O3. The summed E-state index contributed by atoms with van der Waals surface area (Å²) in [7, 11) is 1.60. The van der Waals surface area contributed by atoms with Gasteiger partial charge in [-0.2, -0.15) is 0 Å². The number of rotatable bonds is 8. The number of methoxy groups -OCH3 is 1. The van der Waals surface area contributed by atoms with Crippen LogP contribution in [-0.2, 0) is 24.3 Å². The van der Waals surface area contributed by atoms with Crippen molar-refractivity contribution in [2.45, 2.75) is 39.3 Å². The molecule has 8 nitrogen and oxygen atoms in total. The molecule has 0 saturated heterocycles. The molecule has 1 amide bonds. The number of aromatic nitrogens is 4. The third-order valence-electron chi connectivity index (χ3n) is 3.99. The molecule has 0 aliphatic heterocycles. The normalized spacial score (nSPS) is 11.0. The second-order valence-corrected chi connectivity index (χ2v) is 5.75. The molecule has 0 unspecified atom stereocenters. The van der Waals surface area contributed by atoms with Gasteiger partial charge in [-0.25, -0.2) is 4.68 Å². The lowest BCUT2D eigenvalue weighted by molar-refractivity contribution is -0.120. The average molecular weight is 343 g/mol. The Hall–Kier alpha value is -2.90. The van der Waals surface area contributed by atoms with Crippen LogP contribution < -0.4 is 10.1 Å². The lowest BCUT2D eigenvalue weighted by Gasteiger charge is -2.05. The first-order valence-corrected chi connectivity index (χ1v) is 8.27. The number of benzene rings is 1. The number of nitrogens with one attached hydrogen (secondary N) is 1. The van der Waals surface area contributed by atoms with Crippen molar-refractivity contribution in [2.24, 2.45) is 0 Å². The Morgan fingerprint density at radius 3 is 3.08 bits per heavy atom. The standard InChI is InChI=1S/C17H21N5O3/c1-3-4-7-22-16(19-20-21-22)10-18-17(23)8-12-11-25-15-9-13(24-2)5-6-14(12)15/h5-6,9,11H,3-4,7-8,10H2,1-2H3,(H,18,23). The number of carbonyl (C=O) groups excluding carboxylic acids is 1. The summed E-state index contributed by atoms with van der Waals surface area (Å²) in [5, 5.41) is 15.3. The predicted octanol–water partition coefficient (Wildman–Crippen LogP) is 2.09. The largest absolute Gasteiger partial charge is 0.497 e. The zero-order valence-electron chi connectivity index (χ0n) is 14.4. The van der Waals surface area contributed by atoms with Crippen LogP contribution in [0.4, 0.5) is 0 Å². The van der Waals surface area contributed by atoms with Crippen molar-refractivity contribution in [1.29, 1.82) is 0 Å². The molecule has 0 fully saturated rings. The van der Waals surface area contributed by atoms with E-state index in [4.69, 9.17) is 9.15 Å². The maximum atomic E-state index is 12.2. The highest BCUT2D eigenvalue weighted by Crippen LogP contribution is 2.25. The Kier molecular flexibility index (Phi) is 5.27. The number of hydrogen-bond acceptors (Lipinski definition) is 6. The molecule has 0 spiro atoms. The van der Waals surface area contributed by atoms with Crippen LogP contribution in [0.2, 0.25) is 0 Å². The number of aryl methyl sites for hydroxylation is 1. The monoisotopic (exact) mass is 343 g/mol. The number of carbonyl (C=O) groups is 1. The Labute approximate surface area is 145 Å². The molecule has 8 heteroatoms. The Morgan fingerprint density at radius 1 is 1.40 bits per heavy atom. The van der Waals surface area contributed by atoms with Gasteiger partial charge in [0.15, 0.2) is 5.82 Å². The molecule has 25 heavy (non-hydrogen) atoms. The van der Waals surface area contributed by atoms with Crippen molar-refractivity contribution in [1.82, 2.24) is 25.5 Å². The number of hydrogen-bond donors (Lipinski definition) is 1. The molecular weight excluding hydrogens is 322 g/mol. The highest BCUT2D eigenvalue weighted by Gasteiger charge is 2.12. The second-order valence-electron chi connectivity index (χ2n) is 5.75. The fraction of sp³-hybridized carbons (Fsp3) is 0.412. The topological polar surface area (TPSA) is 95.1 Å². The minimum Gasteiger partial charge on any atom is -0.497 e. The Morgan fingerprint density at radius 2 is 2.28 bits per heavy atom. The summed E-state index contributed by atoms with van der Waals surface area (Å²) in [5.41, 5.74) is 1.53. The summed E-state index contributed by atoms with van der Waals surface area (Å²) >= 11 is 0. The van der Waals surface area contributed by atoms with E-state index in [1.807, 2.05) is 12.1 Å². The minimum absolute atomic E-state index is 0.108. The predicted molar refractivity (Wildman–Crippen MR) is 91.0 cm³/mol. The van der Waals surface area contributed by atoms with Gasteiger partial charge in [-0.1, -0.05) is 13.3 Å². The van der Waals surface area contributed by atoms with Gasteiger partial charge >= 0.3 is 0 Å². The first-order valence-electron chi connectivity index (χ1n) is 8.27. The molecule has 0 bridgehead atoms. The molecule has 1 N–H and O–H groups in total. The number of fused-ring (bicyclic) bond motifs is 1. The zero-order valence-corrected chi connectivity index (χ0v) is 14.4. The summed E-state index contributed by atoms with van der Waals surface area (Å²) in [6.07, 6.45) is 3.89. The summed E-state index contributed by atoms with van der Waals surface area (Å²) in [6, 6.07) is 5.55. The fourth-order valence-corrected chi connectivity index (χ4v) is 2.57. The number of nitrogens with zero attached hydrogens (tertiary/aromatic N) is 4. The average Bonchev–Trinajstić information content (AvgIpc) is 3.24. The van der Waals surface area contributed by atoms with E-state index < -0.39 is 0 Å². The second kappa shape index (κ2) is 7.78. The number of ether oxygens (including phenoxy) is 1. The first kappa shape index (κ1) is 16.9. The van der Waals surface area contributed by atoms with Crippen LogP contribution in [0.5, 0.6) is 5.75 Å². The third-order valence-corrected chi connectivity index (χ3v) is 3.99. The van der Waals surface area contributed by atoms with Crippen molar-refractivity contribution in [3.8, 4) is 5.75 Å². The van der Waals surface area contributed by atoms with Gasteiger partial charge in [0, 0.05) is 23.6 Å². The number of unbranched alkanes of at least 4 members (excludes halogenated alkanes) is 1. The minimum atomic E-state index is -0.108. The van der Waals surface area contributed by atoms with Crippen molar-refractivity contribution in [3.05, 3.63) is 35.9 Å². The van der Waals surface area contributed by atoms with Gasteiger partial charge in [0.2, 0.25) is 5.91 Å². The van der Waals surface area contributed by atoms with E-state index in [2.05, 4.69) is 27.8 Å². The quantitative estimate of drug-likeness (QED) is 0.673. The van der Waals surface area contributed by atoms with Gasteiger partial charge in [-0.05, 0) is 29.0 Å². The van der Waals surface area contributed by atoms with Gasteiger partial charge in [0.25, 0.3) is 0 Å². The van der Waals surface area contributed by atoms with E-state index in [1.54, 1.807) is 24.1 Å². The van der Waals surface area contributed by atoms with Crippen LogP contribution in [0.25, 0.3) is 11.0 Å². The van der Waals surface area contributed by atoms with Crippen molar-refractivity contribution < 1.29 is 13.9 Å². The number of tetrazole rings is 1. The summed E-state index contributed by atoms with van der Waals surface area (Å²) in [6.45, 7) is 3.17. The van der Waals surface area contributed by atoms with Crippen LogP contribution in [0, 0.1) is 0 Å². The van der Waals surface area contributed by atoms with E-state index >= 15 is 0 Å². The van der Waals surface area contributed by atoms with E-state index in [-0.39, 0.29) is 12.3 Å². The third kappa shape index (κ3) is 3.96. The Balaban J connectivity index is 1.61.